The molecule has 3 aromatic rings. The lowest BCUT2D eigenvalue weighted by Crippen LogP contribution is -2.19. The highest BCUT2D eigenvalue weighted by Gasteiger charge is 2.22. The lowest BCUT2D eigenvalue weighted by Gasteiger charge is -2.27. The van der Waals surface area contributed by atoms with E-state index in [0.717, 1.165) is 30.4 Å². The molecule has 1 unspecified atom stereocenters. The van der Waals surface area contributed by atoms with Gasteiger partial charge in [0.15, 0.2) is 11.6 Å². The number of hydrogen-bond acceptors (Lipinski definition) is 2. The third-order valence-electron chi connectivity index (χ3n) is 5.32. The minimum atomic E-state index is -2.84. The molecule has 162 valence electrons. The Hall–Kier alpha value is -3.21. The van der Waals surface area contributed by atoms with Crippen LogP contribution in [0.15, 0.2) is 85.5 Å². The number of halogens is 3. The van der Waals surface area contributed by atoms with Crippen LogP contribution in [-0.2, 0) is 11.8 Å². The SMILES string of the molecule is C=CC(C)(CCCc1ccc(F)c(Oc2ccccc2)c1)c1ccc(OC(F)F)cc1. The Labute approximate surface area is 180 Å². The first-order valence-electron chi connectivity index (χ1n) is 10.1. The van der Waals surface area contributed by atoms with Crippen LogP contribution in [0.3, 0.4) is 0 Å². The van der Waals surface area contributed by atoms with E-state index in [9.17, 15) is 13.2 Å². The van der Waals surface area contributed by atoms with Crippen molar-refractivity contribution in [3.8, 4) is 17.2 Å². The van der Waals surface area contributed by atoms with E-state index in [4.69, 9.17) is 4.74 Å². The first kappa shape index (κ1) is 22.5. The van der Waals surface area contributed by atoms with Gasteiger partial charge in [-0.2, -0.15) is 8.78 Å². The first-order valence-corrected chi connectivity index (χ1v) is 10.1. The zero-order valence-electron chi connectivity index (χ0n) is 17.4. The van der Waals surface area contributed by atoms with Crippen LogP contribution >= 0.6 is 0 Å². The zero-order valence-corrected chi connectivity index (χ0v) is 17.4. The molecule has 0 aliphatic carbocycles. The minimum absolute atomic E-state index is 0.127. The number of ether oxygens (including phenoxy) is 2. The van der Waals surface area contributed by atoms with Gasteiger partial charge in [-0.05, 0) is 66.8 Å². The average molecular weight is 426 g/mol. The molecule has 31 heavy (non-hydrogen) atoms. The fourth-order valence-corrected chi connectivity index (χ4v) is 3.44. The van der Waals surface area contributed by atoms with E-state index in [2.05, 4.69) is 18.2 Å². The Morgan fingerprint density at radius 2 is 1.68 bits per heavy atom. The van der Waals surface area contributed by atoms with Crippen molar-refractivity contribution in [2.45, 2.75) is 38.2 Å². The summed E-state index contributed by atoms with van der Waals surface area (Å²) in [5.74, 6) is 0.499. The summed E-state index contributed by atoms with van der Waals surface area (Å²) in [7, 11) is 0. The predicted octanol–water partition coefficient (Wildman–Crippen LogP) is 7.69. The summed E-state index contributed by atoms with van der Waals surface area (Å²) >= 11 is 0. The molecule has 5 heteroatoms. The first-order chi connectivity index (χ1) is 14.9. The molecule has 3 rings (SSSR count). The van der Waals surface area contributed by atoms with E-state index in [-0.39, 0.29) is 16.9 Å². The maximum atomic E-state index is 14.2. The number of aryl methyl sites for hydroxylation is 1. The van der Waals surface area contributed by atoms with E-state index < -0.39 is 12.4 Å². The Morgan fingerprint density at radius 1 is 0.968 bits per heavy atom. The van der Waals surface area contributed by atoms with Crippen LogP contribution < -0.4 is 9.47 Å². The van der Waals surface area contributed by atoms with Gasteiger partial charge in [-0.3, -0.25) is 0 Å². The van der Waals surface area contributed by atoms with Crippen molar-refractivity contribution in [1.29, 1.82) is 0 Å². The van der Waals surface area contributed by atoms with Gasteiger partial charge in [0.1, 0.15) is 11.5 Å². The second kappa shape index (κ2) is 10.2. The highest BCUT2D eigenvalue weighted by Crippen LogP contribution is 2.33. The predicted molar refractivity (Wildman–Crippen MR) is 116 cm³/mol. The molecule has 0 spiro atoms. The van der Waals surface area contributed by atoms with Gasteiger partial charge in [0.2, 0.25) is 0 Å². The minimum Gasteiger partial charge on any atom is -0.454 e. The normalized spacial score (nSPS) is 12.9. The number of rotatable bonds is 10. The summed E-state index contributed by atoms with van der Waals surface area (Å²) in [6.45, 7) is 3.17. The molecular weight excluding hydrogens is 401 g/mol. The summed E-state index contributed by atoms with van der Waals surface area (Å²) in [5.41, 5.74) is 1.61. The van der Waals surface area contributed by atoms with Crippen LogP contribution in [0.5, 0.6) is 17.2 Å². The molecule has 0 radical (unpaired) electrons. The Kier molecular flexibility index (Phi) is 7.40. The molecule has 0 aliphatic rings. The van der Waals surface area contributed by atoms with Gasteiger partial charge < -0.3 is 9.47 Å². The standard InChI is InChI=1S/C26H25F3O2/c1-3-26(2,20-12-14-22(15-13-20)31-25(28)29)17-7-8-19-11-16-23(27)24(18-19)30-21-9-5-4-6-10-21/h3-6,9-16,18,25H,1,7-8,17H2,2H3. The molecule has 1 atom stereocenters. The molecule has 0 N–H and O–H groups in total. The Morgan fingerprint density at radius 3 is 2.32 bits per heavy atom. The number of para-hydroxylation sites is 1. The Balaban J connectivity index is 1.63. The van der Waals surface area contributed by atoms with Crippen molar-refractivity contribution < 1.29 is 22.6 Å². The fourth-order valence-electron chi connectivity index (χ4n) is 3.44. The number of benzene rings is 3. The summed E-state index contributed by atoms with van der Waals surface area (Å²) in [4.78, 5) is 0. The summed E-state index contributed by atoms with van der Waals surface area (Å²) in [6, 6.07) is 20.6. The van der Waals surface area contributed by atoms with Gasteiger partial charge in [0, 0.05) is 5.41 Å². The van der Waals surface area contributed by atoms with Gasteiger partial charge in [0.05, 0.1) is 0 Å². The van der Waals surface area contributed by atoms with Crippen molar-refractivity contribution >= 4 is 0 Å². The van der Waals surface area contributed by atoms with Gasteiger partial charge in [0.25, 0.3) is 0 Å². The monoisotopic (exact) mass is 426 g/mol. The number of hydrogen-bond donors (Lipinski definition) is 0. The highest BCUT2D eigenvalue weighted by molar-refractivity contribution is 5.36. The average Bonchev–Trinajstić information content (AvgIpc) is 2.76. The molecule has 0 saturated heterocycles. The van der Waals surface area contributed by atoms with Crippen LogP contribution in [0.2, 0.25) is 0 Å². The molecule has 3 aromatic carbocycles. The molecular formula is C26H25F3O2. The van der Waals surface area contributed by atoms with Crippen molar-refractivity contribution in [2.75, 3.05) is 0 Å². The molecule has 0 bridgehead atoms. The second-order valence-electron chi connectivity index (χ2n) is 7.56. The van der Waals surface area contributed by atoms with E-state index in [1.54, 1.807) is 36.4 Å². The van der Waals surface area contributed by atoms with Crippen molar-refractivity contribution in [3.05, 3.63) is 102 Å². The second-order valence-corrected chi connectivity index (χ2v) is 7.56. The summed E-state index contributed by atoms with van der Waals surface area (Å²) in [6.07, 6.45) is 4.22. The molecule has 0 fully saturated rings. The van der Waals surface area contributed by atoms with Crippen molar-refractivity contribution in [1.82, 2.24) is 0 Å². The molecule has 2 nitrogen and oxygen atoms in total. The lowest BCUT2D eigenvalue weighted by molar-refractivity contribution is -0.0498. The zero-order chi connectivity index (χ0) is 22.3. The van der Waals surface area contributed by atoms with Gasteiger partial charge >= 0.3 is 6.61 Å². The van der Waals surface area contributed by atoms with Crippen molar-refractivity contribution in [3.63, 3.8) is 0 Å². The van der Waals surface area contributed by atoms with Gasteiger partial charge in [-0.15, -0.1) is 6.58 Å². The van der Waals surface area contributed by atoms with Gasteiger partial charge in [-0.25, -0.2) is 4.39 Å². The topological polar surface area (TPSA) is 18.5 Å². The van der Waals surface area contributed by atoms with Crippen LogP contribution in [0.25, 0.3) is 0 Å². The largest absolute Gasteiger partial charge is 0.454 e. The van der Waals surface area contributed by atoms with E-state index >= 15 is 0 Å². The fraction of sp³-hybridized carbons (Fsp3) is 0.231. The maximum Gasteiger partial charge on any atom is 0.387 e. The molecule has 0 aliphatic heterocycles. The maximum absolute atomic E-state index is 14.2. The van der Waals surface area contributed by atoms with E-state index in [0.29, 0.717) is 5.75 Å². The van der Waals surface area contributed by atoms with Crippen LogP contribution in [-0.4, -0.2) is 6.61 Å². The lowest BCUT2D eigenvalue weighted by atomic mass is 9.78. The van der Waals surface area contributed by atoms with Crippen molar-refractivity contribution in [2.24, 2.45) is 0 Å². The number of allylic oxidation sites excluding steroid dienone is 1. The van der Waals surface area contributed by atoms with Gasteiger partial charge in [-0.1, -0.05) is 49.4 Å². The van der Waals surface area contributed by atoms with Crippen LogP contribution in [0, 0.1) is 5.82 Å². The third kappa shape index (κ3) is 6.14. The molecule has 0 heterocycles. The smallest absolute Gasteiger partial charge is 0.387 e. The van der Waals surface area contributed by atoms with Crippen LogP contribution in [0.4, 0.5) is 13.2 Å². The van der Waals surface area contributed by atoms with Crippen LogP contribution in [0.1, 0.15) is 30.9 Å². The highest BCUT2D eigenvalue weighted by atomic mass is 19.3. The summed E-state index contributed by atoms with van der Waals surface area (Å²) in [5, 5.41) is 0. The van der Waals surface area contributed by atoms with E-state index in [1.807, 2.05) is 24.3 Å². The molecule has 0 saturated carbocycles. The Bertz CT molecular complexity index is 987. The number of alkyl halides is 2. The quantitative estimate of drug-likeness (QED) is 0.310. The molecule has 0 amide bonds. The third-order valence-corrected chi connectivity index (χ3v) is 5.32. The van der Waals surface area contributed by atoms with E-state index in [1.165, 1.54) is 18.2 Å². The molecule has 0 aromatic heterocycles. The summed E-state index contributed by atoms with van der Waals surface area (Å²) < 4.78 is 49.0.